The van der Waals surface area contributed by atoms with Crippen molar-refractivity contribution in [3.63, 3.8) is 0 Å². The maximum absolute atomic E-state index is 11.1. The molecule has 3 N–H and O–H groups in total. The van der Waals surface area contributed by atoms with Crippen molar-refractivity contribution in [1.29, 1.82) is 0 Å². The van der Waals surface area contributed by atoms with E-state index in [9.17, 15) is 4.79 Å². The minimum Gasteiger partial charge on any atom is -0.495 e. The summed E-state index contributed by atoms with van der Waals surface area (Å²) >= 11 is 5.88. The van der Waals surface area contributed by atoms with Crippen LogP contribution >= 0.6 is 11.6 Å². The first-order valence-corrected chi connectivity index (χ1v) is 5.35. The van der Waals surface area contributed by atoms with Gasteiger partial charge in [-0.3, -0.25) is 4.79 Å². The Morgan fingerprint density at radius 2 is 2.31 bits per heavy atom. The largest absolute Gasteiger partial charge is 0.495 e. The first-order valence-electron chi connectivity index (χ1n) is 4.97. The molecule has 16 heavy (non-hydrogen) atoms. The number of halogens is 1. The predicted octanol–water partition coefficient (Wildman–Crippen LogP) is 2.02. The monoisotopic (exact) mass is 242 g/mol. The summed E-state index contributed by atoms with van der Waals surface area (Å²) < 4.78 is 5.07. The Morgan fingerprint density at radius 3 is 2.81 bits per heavy atom. The summed E-state index contributed by atoms with van der Waals surface area (Å²) in [6.07, 6.45) is 0.625. The minimum atomic E-state index is -0.383. The number of rotatable bonds is 5. The van der Waals surface area contributed by atoms with E-state index < -0.39 is 0 Å². The predicted molar refractivity (Wildman–Crippen MR) is 64.9 cm³/mol. The zero-order valence-corrected chi connectivity index (χ0v) is 10.0. The summed E-state index contributed by atoms with van der Waals surface area (Å²) in [7, 11) is 1.54. The van der Waals surface area contributed by atoms with E-state index in [2.05, 4.69) is 5.32 Å². The first-order chi connectivity index (χ1) is 7.58. The van der Waals surface area contributed by atoms with Crippen LogP contribution < -0.4 is 15.8 Å². The fraction of sp³-hybridized carbons (Fsp3) is 0.364. The van der Waals surface area contributed by atoms with Crippen LogP contribution in [0.25, 0.3) is 0 Å². The van der Waals surface area contributed by atoms with Gasteiger partial charge >= 0.3 is 0 Å². The van der Waals surface area contributed by atoms with Crippen LogP contribution in [0.15, 0.2) is 18.2 Å². The number of benzene rings is 1. The van der Waals surface area contributed by atoms with Crippen molar-refractivity contribution in [2.75, 3.05) is 12.4 Å². The van der Waals surface area contributed by atoms with Crippen LogP contribution in [-0.2, 0) is 4.79 Å². The van der Waals surface area contributed by atoms with Gasteiger partial charge in [0.15, 0.2) is 0 Å². The maximum Gasteiger partial charge on any atom is 0.239 e. The molecule has 0 aliphatic heterocycles. The van der Waals surface area contributed by atoms with Gasteiger partial charge in [0.05, 0.1) is 12.1 Å². The highest BCUT2D eigenvalue weighted by Gasteiger charge is 2.12. The third-order valence-electron chi connectivity index (χ3n) is 2.24. The van der Waals surface area contributed by atoms with Crippen LogP contribution in [-0.4, -0.2) is 19.1 Å². The van der Waals surface area contributed by atoms with E-state index in [0.717, 1.165) is 5.69 Å². The van der Waals surface area contributed by atoms with E-state index in [-0.39, 0.29) is 11.9 Å². The molecule has 4 nitrogen and oxygen atoms in total. The molecule has 0 saturated carbocycles. The summed E-state index contributed by atoms with van der Waals surface area (Å²) in [6.45, 7) is 1.88. The molecule has 1 aromatic rings. The lowest BCUT2D eigenvalue weighted by atomic mass is 10.2. The molecule has 0 saturated heterocycles. The lowest BCUT2D eigenvalue weighted by molar-refractivity contribution is -0.118. The quantitative estimate of drug-likeness (QED) is 0.830. The fourth-order valence-electron chi connectivity index (χ4n) is 1.33. The fourth-order valence-corrected chi connectivity index (χ4v) is 1.52. The van der Waals surface area contributed by atoms with Crippen LogP contribution in [0.4, 0.5) is 5.69 Å². The Morgan fingerprint density at radius 1 is 1.62 bits per heavy atom. The van der Waals surface area contributed by atoms with Crippen molar-refractivity contribution >= 4 is 23.2 Å². The van der Waals surface area contributed by atoms with Gasteiger partial charge in [-0.1, -0.05) is 18.5 Å². The molecule has 0 bridgehead atoms. The number of carbonyl (C=O) groups excluding carboxylic acids is 1. The molecule has 0 aromatic heterocycles. The molecule has 0 aliphatic rings. The average Bonchev–Trinajstić information content (AvgIpc) is 2.27. The van der Waals surface area contributed by atoms with Gasteiger partial charge in [-0.2, -0.15) is 0 Å². The second-order valence-electron chi connectivity index (χ2n) is 3.36. The maximum atomic E-state index is 11.1. The molecule has 1 amide bonds. The summed E-state index contributed by atoms with van der Waals surface area (Å²) in [5.41, 5.74) is 5.99. The van der Waals surface area contributed by atoms with Crippen LogP contribution in [0.1, 0.15) is 13.3 Å². The number of primary amides is 1. The molecule has 1 aromatic carbocycles. The standard InChI is InChI=1S/C11H15ClN2O2/c1-3-9(11(13)15)14-7-4-5-8(12)10(6-7)16-2/h4-6,9,14H,3H2,1-2H3,(H2,13,15). The highest BCUT2D eigenvalue weighted by molar-refractivity contribution is 6.32. The van der Waals surface area contributed by atoms with E-state index in [1.807, 2.05) is 6.92 Å². The van der Waals surface area contributed by atoms with E-state index in [1.54, 1.807) is 18.2 Å². The van der Waals surface area contributed by atoms with Crippen molar-refractivity contribution in [3.05, 3.63) is 23.2 Å². The number of carbonyl (C=O) groups is 1. The third kappa shape index (κ3) is 3.03. The van der Waals surface area contributed by atoms with Crippen molar-refractivity contribution in [2.24, 2.45) is 5.73 Å². The number of nitrogens with one attached hydrogen (secondary N) is 1. The summed E-state index contributed by atoms with van der Waals surface area (Å²) in [5, 5.41) is 3.54. The Bertz CT molecular complexity index is 382. The Balaban J connectivity index is 2.84. The highest BCUT2D eigenvalue weighted by Crippen LogP contribution is 2.27. The normalized spacial score (nSPS) is 11.9. The van der Waals surface area contributed by atoms with Crippen molar-refractivity contribution in [1.82, 2.24) is 0 Å². The van der Waals surface area contributed by atoms with Crippen LogP contribution in [0.3, 0.4) is 0 Å². The molecule has 0 fully saturated rings. The number of nitrogens with two attached hydrogens (primary N) is 1. The topological polar surface area (TPSA) is 64.3 Å². The highest BCUT2D eigenvalue weighted by atomic mass is 35.5. The van der Waals surface area contributed by atoms with Gasteiger partial charge < -0.3 is 15.8 Å². The van der Waals surface area contributed by atoms with Crippen molar-refractivity contribution in [2.45, 2.75) is 19.4 Å². The first kappa shape index (κ1) is 12.6. The molecule has 0 heterocycles. The molecular weight excluding hydrogens is 228 g/mol. The molecule has 0 aliphatic carbocycles. The molecule has 1 atom stereocenters. The van der Waals surface area contributed by atoms with E-state index in [4.69, 9.17) is 22.1 Å². The van der Waals surface area contributed by atoms with Crippen molar-refractivity contribution < 1.29 is 9.53 Å². The van der Waals surface area contributed by atoms with Crippen molar-refractivity contribution in [3.8, 4) is 5.75 Å². The average molecular weight is 243 g/mol. The van der Waals surface area contributed by atoms with Gasteiger partial charge in [0, 0.05) is 11.8 Å². The molecule has 5 heteroatoms. The van der Waals surface area contributed by atoms with Crippen LogP contribution in [0.5, 0.6) is 5.75 Å². The number of amides is 1. The zero-order chi connectivity index (χ0) is 12.1. The second kappa shape index (κ2) is 5.61. The van der Waals surface area contributed by atoms with Crippen LogP contribution in [0, 0.1) is 0 Å². The molecule has 88 valence electrons. The molecule has 0 spiro atoms. The summed E-state index contributed by atoms with van der Waals surface area (Å²) in [5.74, 6) is 0.183. The number of hydrogen-bond donors (Lipinski definition) is 2. The van der Waals surface area contributed by atoms with Gasteiger partial charge in [0.25, 0.3) is 0 Å². The number of anilines is 1. The van der Waals surface area contributed by atoms with Gasteiger partial charge in [-0.05, 0) is 18.6 Å². The summed E-state index contributed by atoms with van der Waals surface area (Å²) in [6, 6.07) is 4.83. The molecule has 0 radical (unpaired) electrons. The Kier molecular flexibility index (Phi) is 4.43. The Labute approximate surface area is 99.7 Å². The molecule has 1 unspecified atom stereocenters. The number of hydrogen-bond acceptors (Lipinski definition) is 3. The molecule has 1 rings (SSSR count). The van der Waals surface area contributed by atoms with E-state index in [0.29, 0.717) is 17.2 Å². The van der Waals surface area contributed by atoms with Gasteiger partial charge in [-0.25, -0.2) is 0 Å². The lowest BCUT2D eigenvalue weighted by Crippen LogP contribution is -2.34. The zero-order valence-electron chi connectivity index (χ0n) is 9.29. The van der Waals surface area contributed by atoms with Gasteiger partial charge in [-0.15, -0.1) is 0 Å². The van der Waals surface area contributed by atoms with E-state index in [1.165, 1.54) is 7.11 Å². The van der Waals surface area contributed by atoms with Gasteiger partial charge in [0.2, 0.25) is 5.91 Å². The van der Waals surface area contributed by atoms with E-state index >= 15 is 0 Å². The van der Waals surface area contributed by atoms with Gasteiger partial charge in [0.1, 0.15) is 11.8 Å². The third-order valence-corrected chi connectivity index (χ3v) is 2.56. The Hall–Kier alpha value is -1.42. The second-order valence-corrected chi connectivity index (χ2v) is 3.76. The smallest absolute Gasteiger partial charge is 0.239 e. The lowest BCUT2D eigenvalue weighted by Gasteiger charge is -2.15. The summed E-state index contributed by atoms with van der Waals surface area (Å²) in [4.78, 5) is 11.1. The SMILES string of the molecule is CCC(Nc1ccc(Cl)c(OC)c1)C(N)=O. The number of ether oxygens (including phenoxy) is 1. The number of methoxy groups -OCH3 is 1. The molecular formula is C11H15ClN2O2. The minimum absolute atomic E-state index is 0.378. The van der Waals surface area contributed by atoms with Crippen LogP contribution in [0.2, 0.25) is 5.02 Å².